The van der Waals surface area contributed by atoms with Crippen LogP contribution >= 0.6 is 0 Å². The molecule has 0 amide bonds. The number of halogens is 1. The predicted octanol–water partition coefficient (Wildman–Crippen LogP) is 2.50. The molecule has 1 aliphatic carbocycles. The molecule has 4 nitrogen and oxygen atoms in total. The molecule has 1 N–H and O–H groups in total. The van der Waals surface area contributed by atoms with Gasteiger partial charge in [-0.25, -0.2) is 14.4 Å². The van der Waals surface area contributed by atoms with Crippen LogP contribution in [0.2, 0.25) is 0 Å². The van der Waals surface area contributed by atoms with Crippen molar-refractivity contribution in [3.05, 3.63) is 47.9 Å². The molecule has 2 aromatic heterocycles. The van der Waals surface area contributed by atoms with Crippen LogP contribution in [-0.2, 0) is 6.54 Å². The van der Waals surface area contributed by atoms with Crippen LogP contribution in [0.25, 0.3) is 0 Å². The van der Waals surface area contributed by atoms with Gasteiger partial charge in [0.25, 0.3) is 0 Å². The van der Waals surface area contributed by atoms with Gasteiger partial charge in [0.2, 0.25) is 0 Å². The van der Waals surface area contributed by atoms with Crippen LogP contribution in [-0.4, -0.2) is 15.0 Å². The summed E-state index contributed by atoms with van der Waals surface area (Å²) in [5.41, 5.74) is 1.39. The van der Waals surface area contributed by atoms with Crippen LogP contribution in [0.15, 0.2) is 30.7 Å². The van der Waals surface area contributed by atoms with E-state index >= 15 is 0 Å². The molecule has 0 atom stereocenters. The molecule has 0 saturated heterocycles. The van der Waals surface area contributed by atoms with Crippen LogP contribution in [0.3, 0.4) is 0 Å². The van der Waals surface area contributed by atoms with E-state index in [0.717, 1.165) is 18.5 Å². The van der Waals surface area contributed by atoms with E-state index in [0.29, 0.717) is 12.2 Å². The molecule has 0 unspecified atom stereocenters. The van der Waals surface area contributed by atoms with E-state index in [-0.39, 0.29) is 17.6 Å². The van der Waals surface area contributed by atoms with Crippen molar-refractivity contribution in [3.8, 4) is 0 Å². The zero-order valence-electron chi connectivity index (χ0n) is 9.81. The number of nitrogens with one attached hydrogen (secondary N) is 1. The lowest BCUT2D eigenvalue weighted by molar-refractivity contribution is 0.594. The first-order chi connectivity index (χ1) is 8.84. The van der Waals surface area contributed by atoms with E-state index in [2.05, 4.69) is 20.3 Å². The summed E-state index contributed by atoms with van der Waals surface area (Å²) in [6, 6.07) is 5.63. The maximum absolute atomic E-state index is 14.1. The van der Waals surface area contributed by atoms with Crippen molar-refractivity contribution in [1.29, 1.82) is 0 Å². The SMILES string of the molecule is Fc1c(NCc2ccccn2)ncnc1C1CC1. The van der Waals surface area contributed by atoms with Gasteiger partial charge in [-0.1, -0.05) is 6.07 Å². The first-order valence-electron chi connectivity index (χ1n) is 5.99. The van der Waals surface area contributed by atoms with Gasteiger partial charge in [-0.15, -0.1) is 0 Å². The highest BCUT2D eigenvalue weighted by Crippen LogP contribution is 2.40. The zero-order valence-corrected chi connectivity index (χ0v) is 9.81. The Hall–Kier alpha value is -2.04. The van der Waals surface area contributed by atoms with E-state index < -0.39 is 0 Å². The minimum Gasteiger partial charge on any atom is -0.362 e. The molecular weight excluding hydrogens is 231 g/mol. The third kappa shape index (κ3) is 2.30. The van der Waals surface area contributed by atoms with Crippen LogP contribution in [0.4, 0.5) is 10.2 Å². The van der Waals surface area contributed by atoms with Crippen molar-refractivity contribution in [2.45, 2.75) is 25.3 Å². The molecule has 0 bridgehead atoms. The van der Waals surface area contributed by atoms with Crippen molar-refractivity contribution >= 4 is 5.82 Å². The number of rotatable bonds is 4. The largest absolute Gasteiger partial charge is 0.362 e. The Morgan fingerprint density at radius 1 is 1.22 bits per heavy atom. The normalized spacial score (nSPS) is 14.5. The van der Waals surface area contributed by atoms with E-state index in [4.69, 9.17) is 0 Å². The second-order valence-corrected chi connectivity index (χ2v) is 4.37. The van der Waals surface area contributed by atoms with Crippen molar-refractivity contribution in [3.63, 3.8) is 0 Å². The molecule has 0 spiro atoms. The lowest BCUT2D eigenvalue weighted by Crippen LogP contribution is -2.07. The molecule has 1 saturated carbocycles. The van der Waals surface area contributed by atoms with Gasteiger partial charge in [-0.05, 0) is 25.0 Å². The van der Waals surface area contributed by atoms with Crippen molar-refractivity contribution in [2.24, 2.45) is 0 Å². The molecule has 2 heterocycles. The van der Waals surface area contributed by atoms with Crippen molar-refractivity contribution in [1.82, 2.24) is 15.0 Å². The number of hydrogen-bond acceptors (Lipinski definition) is 4. The van der Waals surface area contributed by atoms with Crippen LogP contribution < -0.4 is 5.32 Å². The summed E-state index contributed by atoms with van der Waals surface area (Å²) >= 11 is 0. The molecule has 1 fully saturated rings. The van der Waals surface area contributed by atoms with Crippen molar-refractivity contribution < 1.29 is 4.39 Å². The summed E-state index contributed by atoms with van der Waals surface area (Å²) in [7, 11) is 0. The van der Waals surface area contributed by atoms with Gasteiger partial charge in [-0.3, -0.25) is 4.98 Å². The standard InChI is InChI=1S/C13H13FN4/c14-11-12(9-4-5-9)17-8-18-13(11)16-7-10-3-1-2-6-15-10/h1-3,6,8-9H,4-5,7H2,(H,16,17,18). The average molecular weight is 244 g/mol. The number of hydrogen-bond donors (Lipinski definition) is 1. The van der Waals surface area contributed by atoms with E-state index in [1.807, 2.05) is 18.2 Å². The molecule has 2 aromatic rings. The first-order valence-corrected chi connectivity index (χ1v) is 5.99. The Morgan fingerprint density at radius 2 is 2.11 bits per heavy atom. The van der Waals surface area contributed by atoms with Gasteiger partial charge in [-0.2, -0.15) is 0 Å². The van der Waals surface area contributed by atoms with Gasteiger partial charge in [0.05, 0.1) is 17.9 Å². The first kappa shape index (κ1) is 11.1. The van der Waals surface area contributed by atoms with Gasteiger partial charge in [0, 0.05) is 12.1 Å². The smallest absolute Gasteiger partial charge is 0.187 e. The fraction of sp³-hybridized carbons (Fsp3) is 0.308. The monoisotopic (exact) mass is 244 g/mol. The summed E-state index contributed by atoms with van der Waals surface area (Å²) in [5.74, 6) is 0.219. The second-order valence-electron chi connectivity index (χ2n) is 4.37. The Morgan fingerprint density at radius 3 is 2.83 bits per heavy atom. The van der Waals surface area contributed by atoms with Gasteiger partial charge in [0.15, 0.2) is 11.6 Å². The van der Waals surface area contributed by atoms with E-state index in [9.17, 15) is 4.39 Å². The fourth-order valence-corrected chi connectivity index (χ4v) is 1.83. The Labute approximate surface area is 104 Å². The molecule has 0 aliphatic heterocycles. The van der Waals surface area contributed by atoms with Gasteiger partial charge >= 0.3 is 0 Å². The summed E-state index contributed by atoms with van der Waals surface area (Å²) in [6.45, 7) is 0.457. The molecular formula is C13H13FN4. The molecule has 0 aromatic carbocycles. The van der Waals surface area contributed by atoms with Gasteiger partial charge in [0.1, 0.15) is 6.33 Å². The number of anilines is 1. The maximum atomic E-state index is 14.1. The Kier molecular flexibility index (Phi) is 2.88. The summed E-state index contributed by atoms with van der Waals surface area (Å²) in [6.07, 6.45) is 5.17. The minimum atomic E-state index is -0.323. The fourth-order valence-electron chi connectivity index (χ4n) is 1.83. The molecule has 5 heteroatoms. The lowest BCUT2D eigenvalue weighted by atomic mass is 10.2. The van der Waals surface area contributed by atoms with Crippen molar-refractivity contribution in [2.75, 3.05) is 5.32 Å². The summed E-state index contributed by atoms with van der Waals surface area (Å²) in [4.78, 5) is 12.1. The third-order valence-electron chi connectivity index (χ3n) is 2.94. The minimum absolute atomic E-state index is 0.262. The lowest BCUT2D eigenvalue weighted by Gasteiger charge is -2.08. The molecule has 1 aliphatic rings. The van der Waals surface area contributed by atoms with Crippen LogP contribution in [0, 0.1) is 5.82 Å². The highest BCUT2D eigenvalue weighted by Gasteiger charge is 2.29. The van der Waals surface area contributed by atoms with E-state index in [1.165, 1.54) is 6.33 Å². The third-order valence-corrected chi connectivity index (χ3v) is 2.94. The van der Waals surface area contributed by atoms with E-state index in [1.54, 1.807) is 6.20 Å². The molecule has 0 radical (unpaired) electrons. The molecule has 18 heavy (non-hydrogen) atoms. The van der Waals surface area contributed by atoms with Crippen LogP contribution in [0.5, 0.6) is 0 Å². The summed E-state index contributed by atoms with van der Waals surface area (Å²) < 4.78 is 14.1. The maximum Gasteiger partial charge on any atom is 0.187 e. The predicted molar refractivity (Wildman–Crippen MR) is 65.5 cm³/mol. The Balaban J connectivity index is 1.74. The number of aromatic nitrogens is 3. The average Bonchev–Trinajstić information content (AvgIpc) is 3.23. The quantitative estimate of drug-likeness (QED) is 0.897. The highest BCUT2D eigenvalue weighted by atomic mass is 19.1. The molecule has 3 rings (SSSR count). The Bertz CT molecular complexity index is 540. The topological polar surface area (TPSA) is 50.7 Å². The highest BCUT2D eigenvalue weighted by molar-refractivity contribution is 5.39. The number of pyridine rings is 1. The summed E-state index contributed by atoms with van der Waals surface area (Å²) in [5, 5.41) is 2.96. The van der Waals surface area contributed by atoms with Crippen LogP contribution in [0.1, 0.15) is 30.1 Å². The second kappa shape index (κ2) is 4.68. The number of nitrogens with zero attached hydrogens (tertiary/aromatic N) is 3. The van der Waals surface area contributed by atoms with Gasteiger partial charge < -0.3 is 5.32 Å². The zero-order chi connectivity index (χ0) is 12.4. The molecule has 92 valence electrons.